The van der Waals surface area contributed by atoms with Gasteiger partial charge < -0.3 is 19.7 Å². The first-order valence-corrected chi connectivity index (χ1v) is 12.6. The van der Waals surface area contributed by atoms with Gasteiger partial charge in [-0.05, 0) is 36.1 Å². The number of aromatic nitrogens is 1. The van der Waals surface area contributed by atoms with E-state index in [1.54, 1.807) is 39.3 Å². The number of benzene rings is 2. The van der Waals surface area contributed by atoms with Gasteiger partial charge in [-0.25, -0.2) is 9.18 Å². The topological polar surface area (TPSA) is 57.6 Å². The molecule has 0 aliphatic carbocycles. The Kier molecular flexibility index (Phi) is 6.55. The van der Waals surface area contributed by atoms with Gasteiger partial charge in [-0.15, -0.1) is 11.3 Å². The molecule has 1 saturated heterocycles. The Morgan fingerprint density at radius 1 is 1.06 bits per heavy atom. The van der Waals surface area contributed by atoms with Crippen LogP contribution in [0.4, 0.5) is 9.18 Å². The van der Waals surface area contributed by atoms with Gasteiger partial charge >= 0.3 is 6.03 Å². The van der Waals surface area contributed by atoms with E-state index in [0.29, 0.717) is 37.4 Å². The van der Waals surface area contributed by atoms with Crippen molar-refractivity contribution in [1.82, 2.24) is 19.7 Å². The summed E-state index contributed by atoms with van der Waals surface area (Å²) in [5.74, 6) is -0.381. The number of halogens is 1. The van der Waals surface area contributed by atoms with E-state index >= 15 is 0 Å². The van der Waals surface area contributed by atoms with Gasteiger partial charge in [0, 0.05) is 43.2 Å². The molecule has 180 valence electrons. The lowest BCUT2D eigenvalue weighted by atomic mass is 10.1. The largest absolute Gasteiger partial charge is 0.334 e. The summed E-state index contributed by atoms with van der Waals surface area (Å²) in [6.45, 7) is 4.05. The van der Waals surface area contributed by atoms with Crippen molar-refractivity contribution < 1.29 is 14.0 Å². The minimum atomic E-state index is -0.284. The summed E-state index contributed by atoms with van der Waals surface area (Å²) in [4.78, 5) is 30.9. The highest BCUT2D eigenvalue weighted by Crippen LogP contribution is 2.28. The standard InChI is InChI=1S/C27H27FN4O2S/c1-19-17-30(12-13-31(19)27(34)29-16-20-7-3-2-4-8-20)25(33)24-15-21-11-14-35-26(21)32(24)18-22-9-5-6-10-23(22)28/h2-11,14-15,19H,12-13,16-18H2,1H3,(H,29,34). The first-order valence-electron chi connectivity index (χ1n) is 11.7. The molecule has 5 rings (SSSR count). The summed E-state index contributed by atoms with van der Waals surface area (Å²) in [7, 11) is 0. The normalized spacial score (nSPS) is 16.0. The number of piperazine rings is 1. The molecule has 1 aliphatic rings. The fourth-order valence-corrected chi connectivity index (χ4v) is 5.48. The van der Waals surface area contributed by atoms with Crippen molar-refractivity contribution in [2.45, 2.75) is 26.1 Å². The summed E-state index contributed by atoms with van der Waals surface area (Å²) in [5, 5.41) is 5.93. The summed E-state index contributed by atoms with van der Waals surface area (Å²) in [6.07, 6.45) is 0. The van der Waals surface area contributed by atoms with Crippen molar-refractivity contribution >= 4 is 33.5 Å². The van der Waals surface area contributed by atoms with Crippen molar-refractivity contribution in [3.8, 4) is 0 Å². The molecule has 0 radical (unpaired) electrons. The molecule has 4 aromatic rings. The Balaban J connectivity index is 1.29. The monoisotopic (exact) mass is 490 g/mol. The highest BCUT2D eigenvalue weighted by molar-refractivity contribution is 7.16. The summed E-state index contributed by atoms with van der Waals surface area (Å²) >= 11 is 1.54. The predicted molar refractivity (Wildman–Crippen MR) is 136 cm³/mol. The molecule has 3 heterocycles. The lowest BCUT2D eigenvalue weighted by Gasteiger charge is -2.39. The molecule has 0 bridgehead atoms. The smallest absolute Gasteiger partial charge is 0.318 e. The van der Waals surface area contributed by atoms with Gasteiger partial charge in [-0.2, -0.15) is 0 Å². The summed E-state index contributed by atoms with van der Waals surface area (Å²) < 4.78 is 16.3. The fraction of sp³-hybridized carbons (Fsp3) is 0.259. The van der Waals surface area contributed by atoms with Crippen LogP contribution in [0.5, 0.6) is 0 Å². The van der Waals surface area contributed by atoms with Crippen LogP contribution in [0.2, 0.25) is 0 Å². The van der Waals surface area contributed by atoms with Gasteiger partial charge in [0.25, 0.3) is 5.91 Å². The molecule has 3 amide bonds. The second kappa shape index (κ2) is 9.92. The van der Waals surface area contributed by atoms with Crippen LogP contribution in [0.3, 0.4) is 0 Å². The zero-order valence-electron chi connectivity index (χ0n) is 19.5. The molecular formula is C27H27FN4O2S. The van der Waals surface area contributed by atoms with E-state index in [9.17, 15) is 14.0 Å². The second-order valence-electron chi connectivity index (χ2n) is 8.83. The van der Waals surface area contributed by atoms with E-state index in [2.05, 4.69) is 5.32 Å². The molecule has 2 aromatic heterocycles. The molecule has 1 atom stereocenters. The van der Waals surface area contributed by atoms with Crippen LogP contribution >= 0.6 is 11.3 Å². The highest BCUT2D eigenvalue weighted by Gasteiger charge is 2.31. The third-order valence-electron chi connectivity index (χ3n) is 6.47. The van der Waals surface area contributed by atoms with Crippen LogP contribution in [-0.4, -0.2) is 52.0 Å². The molecular weight excluding hydrogens is 463 g/mol. The maximum Gasteiger partial charge on any atom is 0.318 e. The number of urea groups is 1. The van der Waals surface area contributed by atoms with Crippen molar-refractivity contribution in [3.63, 3.8) is 0 Å². The van der Waals surface area contributed by atoms with Gasteiger partial charge in [-0.1, -0.05) is 48.5 Å². The maximum atomic E-state index is 14.4. The predicted octanol–water partition coefficient (Wildman–Crippen LogP) is 4.95. The van der Waals surface area contributed by atoms with Gasteiger partial charge in [0.15, 0.2) is 0 Å². The fourth-order valence-electron chi connectivity index (χ4n) is 4.59. The van der Waals surface area contributed by atoms with Crippen LogP contribution in [0.15, 0.2) is 72.1 Å². The van der Waals surface area contributed by atoms with E-state index in [-0.39, 0.29) is 30.3 Å². The van der Waals surface area contributed by atoms with E-state index in [4.69, 9.17) is 0 Å². The third kappa shape index (κ3) is 4.79. The number of thiophene rings is 1. The number of fused-ring (bicyclic) bond motifs is 1. The second-order valence-corrected chi connectivity index (χ2v) is 9.72. The molecule has 8 heteroatoms. The number of nitrogens with one attached hydrogen (secondary N) is 1. The first-order chi connectivity index (χ1) is 17.0. The van der Waals surface area contributed by atoms with Crippen molar-refractivity contribution in [2.24, 2.45) is 0 Å². The van der Waals surface area contributed by atoms with E-state index < -0.39 is 0 Å². The van der Waals surface area contributed by atoms with Crippen LogP contribution in [0.25, 0.3) is 10.2 Å². The SMILES string of the molecule is CC1CN(C(=O)c2cc3ccsc3n2Cc2ccccc2F)CCN1C(=O)NCc1ccccc1. The maximum absolute atomic E-state index is 14.4. The van der Waals surface area contributed by atoms with Crippen LogP contribution < -0.4 is 5.32 Å². The molecule has 1 unspecified atom stereocenters. The van der Waals surface area contributed by atoms with E-state index in [1.807, 2.05) is 59.3 Å². The Morgan fingerprint density at radius 2 is 1.83 bits per heavy atom. The molecule has 35 heavy (non-hydrogen) atoms. The zero-order chi connectivity index (χ0) is 24.4. The van der Waals surface area contributed by atoms with Crippen molar-refractivity contribution in [3.05, 3.63) is 94.7 Å². The molecule has 0 spiro atoms. The van der Waals surface area contributed by atoms with Crippen molar-refractivity contribution in [2.75, 3.05) is 19.6 Å². The number of hydrogen-bond acceptors (Lipinski definition) is 3. The lowest BCUT2D eigenvalue weighted by molar-refractivity contribution is 0.0570. The number of rotatable bonds is 5. The molecule has 1 N–H and O–H groups in total. The summed E-state index contributed by atoms with van der Waals surface area (Å²) in [6, 6.07) is 20.1. The van der Waals surface area contributed by atoms with Crippen LogP contribution in [0, 0.1) is 5.82 Å². The number of carbonyl (C=O) groups is 2. The first kappa shape index (κ1) is 23.1. The van der Waals surface area contributed by atoms with E-state index in [0.717, 1.165) is 15.8 Å². The minimum absolute atomic E-state index is 0.0964. The number of hydrogen-bond donors (Lipinski definition) is 1. The lowest BCUT2D eigenvalue weighted by Crippen LogP contribution is -2.57. The van der Waals surface area contributed by atoms with E-state index in [1.165, 1.54) is 6.07 Å². The van der Waals surface area contributed by atoms with Crippen LogP contribution in [-0.2, 0) is 13.1 Å². The highest BCUT2D eigenvalue weighted by atomic mass is 32.1. The Bertz CT molecular complexity index is 1350. The van der Waals surface area contributed by atoms with Gasteiger partial charge in [0.05, 0.1) is 6.54 Å². The Labute approximate surface area is 207 Å². The molecule has 2 aromatic carbocycles. The van der Waals surface area contributed by atoms with Crippen LogP contribution in [0.1, 0.15) is 28.5 Å². The number of carbonyl (C=O) groups excluding carboxylic acids is 2. The quantitative estimate of drug-likeness (QED) is 0.431. The third-order valence-corrected chi connectivity index (χ3v) is 7.42. The minimum Gasteiger partial charge on any atom is -0.334 e. The molecule has 1 aliphatic heterocycles. The number of nitrogens with zero attached hydrogens (tertiary/aromatic N) is 3. The Hall–Kier alpha value is -3.65. The molecule has 0 saturated carbocycles. The molecule has 1 fully saturated rings. The number of amides is 3. The summed E-state index contributed by atoms with van der Waals surface area (Å²) in [5.41, 5.74) is 2.13. The average Bonchev–Trinajstić information content (AvgIpc) is 3.46. The van der Waals surface area contributed by atoms with Gasteiger partial charge in [0.2, 0.25) is 0 Å². The molecule has 6 nitrogen and oxygen atoms in total. The van der Waals surface area contributed by atoms with Gasteiger partial charge in [-0.3, -0.25) is 4.79 Å². The zero-order valence-corrected chi connectivity index (χ0v) is 20.3. The van der Waals surface area contributed by atoms with Gasteiger partial charge in [0.1, 0.15) is 16.3 Å². The average molecular weight is 491 g/mol. The van der Waals surface area contributed by atoms with Crippen molar-refractivity contribution in [1.29, 1.82) is 0 Å². The Morgan fingerprint density at radius 3 is 2.60 bits per heavy atom.